The molecule has 27 heavy (non-hydrogen) atoms. The number of rotatable bonds is 6. The summed E-state index contributed by atoms with van der Waals surface area (Å²) in [6.45, 7) is 1.92. The molecule has 1 heterocycles. The van der Waals surface area contributed by atoms with Crippen molar-refractivity contribution in [2.75, 3.05) is 0 Å². The Kier molecular flexibility index (Phi) is 4.44. The second-order valence-electron chi connectivity index (χ2n) is 6.98. The van der Waals surface area contributed by atoms with Crippen LogP contribution < -0.4 is 10.2 Å². The monoisotopic (exact) mass is 363 g/mol. The van der Waals surface area contributed by atoms with E-state index in [9.17, 15) is 9.59 Å². The molecule has 0 saturated heterocycles. The zero-order valence-corrected chi connectivity index (χ0v) is 15.1. The molecular weight excluding hydrogens is 342 g/mol. The zero-order chi connectivity index (χ0) is 19.0. The van der Waals surface area contributed by atoms with Gasteiger partial charge in [-0.15, -0.1) is 0 Å². The van der Waals surface area contributed by atoms with Crippen LogP contribution in [-0.4, -0.2) is 15.6 Å². The van der Waals surface area contributed by atoms with Crippen LogP contribution in [0, 0.1) is 6.92 Å². The number of nitrogens with zero attached hydrogens (tertiary/aromatic N) is 1. The summed E-state index contributed by atoms with van der Waals surface area (Å²) in [4.78, 5) is 24.1. The number of carboxylic acids is 1. The first kappa shape index (κ1) is 17.3. The van der Waals surface area contributed by atoms with Crippen molar-refractivity contribution in [2.24, 2.45) is 0 Å². The largest absolute Gasteiger partial charge is 0.481 e. The van der Waals surface area contributed by atoms with Gasteiger partial charge in [0.05, 0.1) is 5.52 Å². The average molecular weight is 363 g/mol. The van der Waals surface area contributed by atoms with Gasteiger partial charge in [0.25, 0.3) is 0 Å². The van der Waals surface area contributed by atoms with Gasteiger partial charge in [0.1, 0.15) is 11.5 Å². The summed E-state index contributed by atoms with van der Waals surface area (Å²) in [6.07, 6.45) is 2.36. The van der Waals surface area contributed by atoms with Crippen molar-refractivity contribution in [2.45, 2.75) is 38.6 Å². The third-order valence-electron chi connectivity index (χ3n) is 5.02. The van der Waals surface area contributed by atoms with Crippen molar-refractivity contribution in [3.05, 3.63) is 70.0 Å². The molecule has 1 aromatic heterocycles. The van der Waals surface area contributed by atoms with E-state index in [1.165, 1.54) is 0 Å². The maximum Gasteiger partial charge on any atom is 0.303 e. The molecule has 138 valence electrons. The van der Waals surface area contributed by atoms with Gasteiger partial charge in [-0.3, -0.25) is 9.59 Å². The molecule has 1 aliphatic rings. The minimum atomic E-state index is -0.895. The van der Waals surface area contributed by atoms with Gasteiger partial charge in [-0.05, 0) is 56.5 Å². The van der Waals surface area contributed by atoms with Crippen LogP contribution in [0.4, 0.5) is 0 Å². The second-order valence-corrected chi connectivity index (χ2v) is 6.98. The quantitative estimate of drug-likeness (QED) is 0.702. The first-order chi connectivity index (χ1) is 13.0. The van der Waals surface area contributed by atoms with Crippen LogP contribution in [0.2, 0.25) is 0 Å². The van der Waals surface area contributed by atoms with Crippen molar-refractivity contribution in [3.63, 3.8) is 0 Å². The molecule has 1 aliphatic carbocycles. The number of benzene rings is 2. The Bertz CT molecular complexity index is 1070. The highest BCUT2D eigenvalue weighted by atomic mass is 16.5. The fraction of sp³-hybridized carbons (Fsp3) is 0.273. The van der Waals surface area contributed by atoms with Gasteiger partial charge in [0.2, 0.25) is 0 Å². The Hall–Kier alpha value is -3.08. The molecule has 4 rings (SSSR count). The lowest BCUT2D eigenvalue weighted by Crippen LogP contribution is -2.19. The lowest BCUT2D eigenvalue weighted by Gasteiger charge is -2.18. The van der Waals surface area contributed by atoms with Crippen LogP contribution >= 0.6 is 0 Å². The Morgan fingerprint density at radius 3 is 2.56 bits per heavy atom. The van der Waals surface area contributed by atoms with Crippen molar-refractivity contribution in [3.8, 4) is 11.5 Å². The van der Waals surface area contributed by atoms with E-state index in [4.69, 9.17) is 9.84 Å². The van der Waals surface area contributed by atoms with Crippen LogP contribution in [0.1, 0.15) is 36.6 Å². The van der Waals surface area contributed by atoms with Crippen LogP contribution in [-0.2, 0) is 11.2 Å². The van der Waals surface area contributed by atoms with Crippen LogP contribution in [0.5, 0.6) is 11.5 Å². The molecule has 5 heteroatoms. The molecular formula is C22H21NO4. The number of hydrogen-bond acceptors (Lipinski definition) is 3. The van der Waals surface area contributed by atoms with Gasteiger partial charge in [0, 0.05) is 29.1 Å². The number of pyridine rings is 1. The van der Waals surface area contributed by atoms with Gasteiger partial charge >= 0.3 is 5.97 Å². The maximum absolute atomic E-state index is 13.1. The summed E-state index contributed by atoms with van der Waals surface area (Å²) in [6, 6.07) is 15.4. The summed E-state index contributed by atoms with van der Waals surface area (Å²) < 4.78 is 8.08. The molecule has 1 saturated carbocycles. The average Bonchev–Trinajstić information content (AvgIpc) is 3.48. The molecule has 0 spiro atoms. The standard InChI is InChI=1S/C22H21NO4/c1-14-18(10-12-21(24)25)22(26)19-13-17(27-16-5-3-2-4-6-16)9-11-20(19)23(14)15-7-8-15/h2-6,9,11,13,15H,7-8,10,12H2,1H3,(H,24,25). The fourth-order valence-corrected chi connectivity index (χ4v) is 3.58. The van der Waals surface area contributed by atoms with Gasteiger partial charge in [0.15, 0.2) is 5.43 Å². The highest BCUT2D eigenvalue weighted by Crippen LogP contribution is 2.39. The van der Waals surface area contributed by atoms with Gasteiger partial charge < -0.3 is 14.4 Å². The molecule has 0 aliphatic heterocycles. The zero-order valence-electron chi connectivity index (χ0n) is 15.1. The molecule has 0 amide bonds. The molecule has 3 aromatic rings. The minimum Gasteiger partial charge on any atom is -0.481 e. The molecule has 0 unspecified atom stereocenters. The third-order valence-corrected chi connectivity index (χ3v) is 5.02. The number of aliphatic carboxylic acids is 1. The molecule has 1 fully saturated rings. The lowest BCUT2D eigenvalue weighted by atomic mass is 10.0. The van der Waals surface area contributed by atoms with E-state index in [1.54, 1.807) is 6.07 Å². The summed E-state index contributed by atoms with van der Waals surface area (Å²) >= 11 is 0. The molecule has 1 N–H and O–H groups in total. The first-order valence-corrected chi connectivity index (χ1v) is 9.17. The predicted octanol–water partition coefficient (Wildman–Crippen LogP) is 4.45. The molecule has 0 atom stereocenters. The van der Waals surface area contributed by atoms with E-state index in [2.05, 4.69) is 4.57 Å². The molecule has 2 aromatic carbocycles. The normalized spacial score (nSPS) is 13.7. The third kappa shape index (κ3) is 3.45. The van der Waals surface area contributed by atoms with E-state index in [-0.39, 0.29) is 18.3 Å². The number of aromatic nitrogens is 1. The van der Waals surface area contributed by atoms with Crippen LogP contribution in [0.3, 0.4) is 0 Å². The summed E-state index contributed by atoms with van der Waals surface area (Å²) in [5.41, 5.74) is 2.26. The van der Waals surface area contributed by atoms with Crippen molar-refractivity contribution in [1.82, 2.24) is 4.57 Å². The highest BCUT2D eigenvalue weighted by molar-refractivity contribution is 5.82. The van der Waals surface area contributed by atoms with Gasteiger partial charge in [-0.25, -0.2) is 0 Å². The first-order valence-electron chi connectivity index (χ1n) is 9.17. The molecule has 0 bridgehead atoms. The second kappa shape index (κ2) is 6.91. The van der Waals surface area contributed by atoms with Gasteiger partial charge in [-0.2, -0.15) is 0 Å². The number of ether oxygens (including phenoxy) is 1. The number of hydrogen-bond donors (Lipinski definition) is 1. The smallest absolute Gasteiger partial charge is 0.303 e. The van der Waals surface area contributed by atoms with Crippen molar-refractivity contribution in [1.29, 1.82) is 0 Å². The van der Waals surface area contributed by atoms with Crippen molar-refractivity contribution >= 4 is 16.9 Å². The lowest BCUT2D eigenvalue weighted by molar-refractivity contribution is -0.136. The molecule has 0 radical (unpaired) electrons. The Balaban J connectivity index is 1.83. The number of carbonyl (C=O) groups is 1. The fourth-order valence-electron chi connectivity index (χ4n) is 3.58. The Morgan fingerprint density at radius 1 is 1.15 bits per heavy atom. The van der Waals surface area contributed by atoms with Crippen molar-refractivity contribution < 1.29 is 14.6 Å². The predicted molar refractivity (Wildman–Crippen MR) is 104 cm³/mol. The highest BCUT2D eigenvalue weighted by Gasteiger charge is 2.28. The maximum atomic E-state index is 13.1. The summed E-state index contributed by atoms with van der Waals surface area (Å²) in [5, 5.41) is 9.62. The van der Waals surface area contributed by atoms with Gasteiger partial charge in [-0.1, -0.05) is 18.2 Å². The summed E-state index contributed by atoms with van der Waals surface area (Å²) in [5.74, 6) is 0.409. The van der Waals surface area contributed by atoms with Crippen LogP contribution in [0.25, 0.3) is 10.9 Å². The molecule has 5 nitrogen and oxygen atoms in total. The van der Waals surface area contributed by atoms with E-state index in [1.807, 2.05) is 49.4 Å². The van der Waals surface area contributed by atoms with E-state index >= 15 is 0 Å². The number of carboxylic acid groups (broad SMARTS) is 1. The SMILES string of the molecule is Cc1c(CCC(=O)O)c(=O)c2cc(Oc3ccccc3)ccc2n1C1CC1. The van der Waals surface area contributed by atoms with E-state index in [0.29, 0.717) is 28.5 Å². The minimum absolute atomic E-state index is 0.0491. The van der Waals surface area contributed by atoms with E-state index < -0.39 is 5.97 Å². The topological polar surface area (TPSA) is 68.5 Å². The van der Waals surface area contributed by atoms with E-state index in [0.717, 1.165) is 24.1 Å². The number of fused-ring (bicyclic) bond motifs is 1. The Labute approximate surface area is 156 Å². The Morgan fingerprint density at radius 2 is 1.89 bits per heavy atom. The number of para-hydroxylation sites is 1. The summed E-state index contributed by atoms with van der Waals surface area (Å²) in [7, 11) is 0. The van der Waals surface area contributed by atoms with Crippen LogP contribution in [0.15, 0.2) is 53.3 Å².